The average molecular weight is 272 g/mol. The predicted octanol–water partition coefficient (Wildman–Crippen LogP) is 1.66. The SMILES string of the molecule is COc1[nH]c(=O)c(OC(F)(F)F)cc1C(=O)Cl. The Balaban J connectivity index is 3.30. The zero-order chi connectivity index (χ0) is 13.2. The maximum absolute atomic E-state index is 11.9. The van der Waals surface area contributed by atoms with Crippen molar-refractivity contribution >= 4 is 16.8 Å². The maximum Gasteiger partial charge on any atom is 0.573 e. The van der Waals surface area contributed by atoms with E-state index in [9.17, 15) is 22.8 Å². The van der Waals surface area contributed by atoms with Crippen LogP contribution in [0.25, 0.3) is 0 Å². The summed E-state index contributed by atoms with van der Waals surface area (Å²) in [5.41, 5.74) is -1.63. The van der Waals surface area contributed by atoms with E-state index in [1.54, 1.807) is 0 Å². The number of carbonyl (C=O) groups excluding carboxylic acids is 1. The highest BCUT2D eigenvalue weighted by Gasteiger charge is 2.33. The first-order chi connectivity index (χ1) is 7.74. The van der Waals surface area contributed by atoms with Crippen LogP contribution in [0.2, 0.25) is 0 Å². The molecule has 5 nitrogen and oxygen atoms in total. The van der Waals surface area contributed by atoms with Crippen molar-refractivity contribution in [3.8, 4) is 11.6 Å². The fourth-order valence-electron chi connectivity index (χ4n) is 1.00. The van der Waals surface area contributed by atoms with Gasteiger partial charge in [0.2, 0.25) is 5.88 Å². The molecule has 1 heterocycles. The molecule has 0 spiro atoms. The molecule has 0 aromatic carbocycles. The molecular formula is C8H5ClF3NO4. The van der Waals surface area contributed by atoms with E-state index in [1.807, 2.05) is 4.98 Å². The van der Waals surface area contributed by atoms with Gasteiger partial charge in [-0.1, -0.05) is 0 Å². The molecular weight excluding hydrogens is 267 g/mol. The van der Waals surface area contributed by atoms with Gasteiger partial charge in [0.1, 0.15) is 0 Å². The van der Waals surface area contributed by atoms with Gasteiger partial charge in [-0.15, -0.1) is 13.2 Å². The highest BCUT2D eigenvalue weighted by molar-refractivity contribution is 6.68. The Morgan fingerprint density at radius 2 is 2.06 bits per heavy atom. The Bertz CT molecular complexity index is 497. The minimum Gasteiger partial charge on any atom is -0.482 e. The van der Waals surface area contributed by atoms with Gasteiger partial charge in [-0.3, -0.25) is 14.6 Å². The Morgan fingerprint density at radius 1 is 1.47 bits per heavy atom. The first-order valence-corrected chi connectivity index (χ1v) is 4.39. The van der Waals surface area contributed by atoms with Crippen LogP contribution < -0.4 is 15.0 Å². The summed E-state index contributed by atoms with van der Waals surface area (Å²) in [4.78, 5) is 23.9. The molecule has 0 radical (unpaired) electrons. The van der Waals surface area contributed by atoms with Gasteiger partial charge in [0.15, 0.2) is 5.75 Å². The van der Waals surface area contributed by atoms with Gasteiger partial charge in [0.05, 0.1) is 12.7 Å². The van der Waals surface area contributed by atoms with Crippen molar-refractivity contribution in [2.24, 2.45) is 0 Å². The third-order valence-corrected chi connectivity index (χ3v) is 1.82. The van der Waals surface area contributed by atoms with Crippen LogP contribution in [0.5, 0.6) is 11.6 Å². The normalized spacial score (nSPS) is 11.1. The average Bonchev–Trinajstić information content (AvgIpc) is 2.18. The smallest absolute Gasteiger partial charge is 0.482 e. The van der Waals surface area contributed by atoms with Crippen molar-refractivity contribution in [1.29, 1.82) is 0 Å². The second-order valence-electron chi connectivity index (χ2n) is 2.73. The van der Waals surface area contributed by atoms with Crippen molar-refractivity contribution in [2.45, 2.75) is 6.36 Å². The number of aromatic amines is 1. The number of rotatable bonds is 3. The highest BCUT2D eigenvalue weighted by atomic mass is 35.5. The number of hydrogen-bond donors (Lipinski definition) is 1. The van der Waals surface area contributed by atoms with Gasteiger partial charge in [-0.05, 0) is 11.6 Å². The van der Waals surface area contributed by atoms with Gasteiger partial charge >= 0.3 is 6.36 Å². The molecule has 94 valence electrons. The molecule has 0 aliphatic rings. The summed E-state index contributed by atoms with van der Waals surface area (Å²) in [5.74, 6) is -1.44. The predicted molar refractivity (Wildman–Crippen MR) is 50.5 cm³/mol. The second-order valence-corrected chi connectivity index (χ2v) is 3.07. The molecule has 1 rings (SSSR count). The second kappa shape index (κ2) is 4.66. The number of halogens is 4. The van der Waals surface area contributed by atoms with Gasteiger partial charge in [0, 0.05) is 6.07 Å². The van der Waals surface area contributed by atoms with Crippen LogP contribution in [0.15, 0.2) is 10.9 Å². The standard InChI is InChI=1S/C8H5ClF3NO4/c1-16-7-3(5(9)14)2-4(6(15)13-7)17-8(10,11)12/h2H,1H3,(H,13,15). The zero-order valence-electron chi connectivity index (χ0n) is 8.22. The van der Waals surface area contributed by atoms with Crippen LogP contribution in [-0.4, -0.2) is 23.7 Å². The molecule has 0 aliphatic heterocycles. The molecule has 9 heteroatoms. The summed E-state index contributed by atoms with van der Waals surface area (Å²) >= 11 is 5.10. The zero-order valence-corrected chi connectivity index (χ0v) is 8.98. The third kappa shape index (κ3) is 3.38. The van der Waals surface area contributed by atoms with Gasteiger partial charge in [-0.2, -0.15) is 0 Å². The number of H-pyrrole nitrogens is 1. The van der Waals surface area contributed by atoms with Crippen molar-refractivity contribution in [1.82, 2.24) is 4.98 Å². The molecule has 0 amide bonds. The summed E-state index contributed by atoms with van der Waals surface area (Å²) in [6, 6.07) is 0.556. The number of methoxy groups -OCH3 is 1. The minimum absolute atomic E-state index is 0.343. The van der Waals surface area contributed by atoms with Gasteiger partial charge in [-0.25, -0.2) is 0 Å². The summed E-state index contributed by atoms with van der Waals surface area (Å²) < 4.78 is 43.7. The fraction of sp³-hybridized carbons (Fsp3) is 0.250. The lowest BCUT2D eigenvalue weighted by atomic mass is 10.3. The first-order valence-electron chi connectivity index (χ1n) is 4.01. The van der Waals surface area contributed by atoms with Gasteiger partial charge in [0.25, 0.3) is 10.8 Å². The number of aromatic nitrogens is 1. The summed E-state index contributed by atoms with van der Waals surface area (Å²) in [6.07, 6.45) is -5.05. The molecule has 0 saturated carbocycles. The number of pyridine rings is 1. The molecule has 0 fully saturated rings. The van der Waals surface area contributed by atoms with Crippen LogP contribution in [0, 0.1) is 0 Å². The van der Waals surface area contributed by atoms with Crippen LogP contribution >= 0.6 is 11.6 Å². The summed E-state index contributed by atoms with van der Waals surface area (Å²) in [7, 11) is 1.11. The van der Waals surface area contributed by atoms with E-state index >= 15 is 0 Å². The lowest BCUT2D eigenvalue weighted by molar-refractivity contribution is -0.275. The quantitative estimate of drug-likeness (QED) is 0.849. The molecule has 0 unspecified atom stereocenters. The van der Waals surface area contributed by atoms with E-state index in [1.165, 1.54) is 0 Å². The van der Waals surface area contributed by atoms with Crippen LogP contribution in [0.4, 0.5) is 13.2 Å². The Kier molecular flexibility index (Phi) is 3.66. The van der Waals surface area contributed by atoms with Crippen molar-refractivity contribution in [3.63, 3.8) is 0 Å². The number of carbonyl (C=O) groups is 1. The Morgan fingerprint density at radius 3 is 2.47 bits per heavy atom. The van der Waals surface area contributed by atoms with Crippen molar-refractivity contribution in [2.75, 3.05) is 7.11 Å². The lowest BCUT2D eigenvalue weighted by Gasteiger charge is -2.10. The van der Waals surface area contributed by atoms with E-state index in [2.05, 4.69) is 9.47 Å². The topological polar surface area (TPSA) is 68.4 Å². The van der Waals surface area contributed by atoms with Gasteiger partial charge < -0.3 is 9.47 Å². The van der Waals surface area contributed by atoms with Crippen molar-refractivity contribution in [3.05, 3.63) is 22.0 Å². The van der Waals surface area contributed by atoms with E-state index in [4.69, 9.17) is 11.6 Å². The number of ether oxygens (including phenoxy) is 2. The van der Waals surface area contributed by atoms with E-state index in [0.29, 0.717) is 6.07 Å². The van der Waals surface area contributed by atoms with E-state index in [0.717, 1.165) is 7.11 Å². The third-order valence-electron chi connectivity index (χ3n) is 1.61. The number of hydrogen-bond acceptors (Lipinski definition) is 4. The lowest BCUT2D eigenvalue weighted by Crippen LogP contribution is -2.23. The molecule has 1 N–H and O–H groups in total. The largest absolute Gasteiger partial charge is 0.573 e. The Hall–Kier alpha value is -1.70. The molecule has 17 heavy (non-hydrogen) atoms. The highest BCUT2D eigenvalue weighted by Crippen LogP contribution is 2.24. The molecule has 1 aromatic heterocycles. The summed E-state index contributed by atoms with van der Waals surface area (Å²) in [5, 5.41) is -1.09. The maximum atomic E-state index is 11.9. The fourth-order valence-corrected chi connectivity index (χ4v) is 1.14. The number of nitrogens with one attached hydrogen (secondary N) is 1. The molecule has 0 bridgehead atoms. The monoisotopic (exact) mass is 271 g/mol. The van der Waals surface area contributed by atoms with E-state index < -0.39 is 28.5 Å². The van der Waals surface area contributed by atoms with Crippen LogP contribution in [0.1, 0.15) is 10.4 Å². The molecule has 0 saturated heterocycles. The minimum atomic E-state index is -5.05. The molecule has 1 aromatic rings. The van der Waals surface area contributed by atoms with Crippen LogP contribution in [0.3, 0.4) is 0 Å². The Labute approximate surface area is 97.1 Å². The van der Waals surface area contributed by atoms with Crippen LogP contribution in [-0.2, 0) is 0 Å². The van der Waals surface area contributed by atoms with E-state index in [-0.39, 0.29) is 5.88 Å². The number of alkyl halides is 3. The first kappa shape index (κ1) is 13.4. The summed E-state index contributed by atoms with van der Waals surface area (Å²) in [6.45, 7) is 0. The molecule has 0 atom stereocenters. The van der Waals surface area contributed by atoms with Crippen molar-refractivity contribution < 1.29 is 27.4 Å². The molecule has 0 aliphatic carbocycles.